The lowest BCUT2D eigenvalue weighted by Crippen LogP contribution is -2.15. The first kappa shape index (κ1) is 26.1. The second-order valence-electron chi connectivity index (χ2n) is 9.31. The highest BCUT2D eigenvalue weighted by molar-refractivity contribution is 7.17. The molecule has 1 amide bonds. The minimum Gasteiger partial charge on any atom is -0.491 e. The number of ether oxygens (including phenoxy) is 2. The van der Waals surface area contributed by atoms with E-state index in [-0.39, 0.29) is 12.0 Å². The minimum absolute atomic E-state index is 0.0723. The molecule has 0 aliphatic heterocycles. The predicted molar refractivity (Wildman–Crippen MR) is 157 cm³/mol. The fourth-order valence-electron chi connectivity index (χ4n) is 4.54. The van der Waals surface area contributed by atoms with Crippen LogP contribution in [0, 0.1) is 6.92 Å². The highest BCUT2D eigenvalue weighted by Crippen LogP contribution is 2.40. The van der Waals surface area contributed by atoms with Gasteiger partial charge < -0.3 is 14.8 Å². The van der Waals surface area contributed by atoms with Crippen molar-refractivity contribution in [3.63, 3.8) is 0 Å². The van der Waals surface area contributed by atoms with Crippen LogP contribution in [0.2, 0.25) is 0 Å². The van der Waals surface area contributed by atoms with Gasteiger partial charge in [-0.05, 0) is 62.7 Å². The molecule has 6 nitrogen and oxygen atoms in total. The standard InChI is InChI=1S/C32H28N2O4S/c1-19(2)38-23-16-14-21(15-17-23)27-18-25(24-12-8-9-13-26(24)33-27)30(35)34-31-29(32(36)37-4)28(20(3)39-31)22-10-6-5-7-11-22/h5-19H,1-4H3,(H,34,35). The molecule has 0 bridgehead atoms. The second-order valence-corrected chi connectivity index (χ2v) is 10.5. The van der Waals surface area contributed by atoms with Crippen molar-refractivity contribution in [1.82, 2.24) is 4.98 Å². The third-order valence-corrected chi connectivity index (χ3v) is 7.27. The normalized spacial score (nSPS) is 11.0. The molecule has 7 heteroatoms. The third-order valence-electron chi connectivity index (χ3n) is 6.25. The van der Waals surface area contributed by atoms with Crippen LogP contribution in [-0.4, -0.2) is 30.1 Å². The van der Waals surface area contributed by atoms with Crippen LogP contribution in [0.4, 0.5) is 5.00 Å². The average molecular weight is 537 g/mol. The Morgan fingerprint density at radius 3 is 2.28 bits per heavy atom. The van der Waals surface area contributed by atoms with Gasteiger partial charge in [0.25, 0.3) is 5.91 Å². The Balaban J connectivity index is 1.56. The van der Waals surface area contributed by atoms with Gasteiger partial charge in [0.05, 0.1) is 30.0 Å². The molecule has 2 heterocycles. The number of thiophene rings is 1. The summed E-state index contributed by atoms with van der Waals surface area (Å²) in [6, 6.07) is 26.6. The lowest BCUT2D eigenvalue weighted by atomic mass is 10.0. The summed E-state index contributed by atoms with van der Waals surface area (Å²) < 4.78 is 10.9. The fraction of sp³-hybridized carbons (Fsp3) is 0.156. The monoisotopic (exact) mass is 536 g/mol. The number of benzene rings is 3. The van der Waals surface area contributed by atoms with E-state index < -0.39 is 5.97 Å². The van der Waals surface area contributed by atoms with E-state index in [1.54, 1.807) is 6.07 Å². The van der Waals surface area contributed by atoms with Crippen LogP contribution in [0.15, 0.2) is 84.9 Å². The van der Waals surface area contributed by atoms with Gasteiger partial charge in [0, 0.05) is 21.4 Å². The molecule has 39 heavy (non-hydrogen) atoms. The molecule has 196 valence electrons. The summed E-state index contributed by atoms with van der Waals surface area (Å²) in [6.07, 6.45) is 0.0723. The number of nitrogens with one attached hydrogen (secondary N) is 1. The molecule has 0 atom stereocenters. The maximum Gasteiger partial charge on any atom is 0.341 e. The Morgan fingerprint density at radius 1 is 0.897 bits per heavy atom. The Hall–Kier alpha value is -4.49. The van der Waals surface area contributed by atoms with Gasteiger partial charge >= 0.3 is 5.97 Å². The van der Waals surface area contributed by atoms with Gasteiger partial charge in [-0.3, -0.25) is 4.79 Å². The number of fused-ring (bicyclic) bond motifs is 1. The van der Waals surface area contributed by atoms with Gasteiger partial charge in [0.15, 0.2) is 0 Å². The van der Waals surface area contributed by atoms with Crippen molar-refractivity contribution < 1.29 is 19.1 Å². The number of hydrogen-bond acceptors (Lipinski definition) is 6. The van der Waals surface area contributed by atoms with Gasteiger partial charge in [0.2, 0.25) is 0 Å². The molecule has 0 aliphatic rings. The van der Waals surface area contributed by atoms with E-state index in [0.717, 1.165) is 32.7 Å². The number of amides is 1. The van der Waals surface area contributed by atoms with Crippen LogP contribution >= 0.6 is 11.3 Å². The largest absolute Gasteiger partial charge is 0.491 e. The number of esters is 1. The van der Waals surface area contributed by atoms with Crippen molar-refractivity contribution in [2.75, 3.05) is 12.4 Å². The van der Waals surface area contributed by atoms with Gasteiger partial charge in [-0.25, -0.2) is 9.78 Å². The van der Waals surface area contributed by atoms with Crippen LogP contribution in [0.25, 0.3) is 33.3 Å². The molecule has 5 rings (SSSR count). The first-order valence-corrected chi connectivity index (χ1v) is 13.4. The molecular weight excluding hydrogens is 508 g/mol. The molecule has 0 unspecified atom stereocenters. The van der Waals surface area contributed by atoms with Crippen molar-refractivity contribution in [2.24, 2.45) is 0 Å². The zero-order valence-electron chi connectivity index (χ0n) is 22.1. The van der Waals surface area contributed by atoms with Crippen molar-refractivity contribution >= 4 is 39.1 Å². The summed E-state index contributed by atoms with van der Waals surface area (Å²) in [7, 11) is 1.34. The van der Waals surface area contributed by atoms with Crippen LogP contribution in [0.1, 0.15) is 39.4 Å². The first-order chi connectivity index (χ1) is 18.9. The number of para-hydroxylation sites is 1. The number of rotatable bonds is 7. The van der Waals surface area contributed by atoms with Gasteiger partial charge in [-0.1, -0.05) is 48.5 Å². The van der Waals surface area contributed by atoms with Gasteiger partial charge in [0.1, 0.15) is 16.3 Å². The number of aromatic nitrogens is 1. The zero-order valence-corrected chi connectivity index (χ0v) is 23.0. The SMILES string of the molecule is COC(=O)c1c(NC(=O)c2cc(-c3ccc(OC(C)C)cc3)nc3ccccc23)sc(C)c1-c1ccccc1. The molecule has 2 aromatic heterocycles. The molecule has 0 saturated heterocycles. The predicted octanol–water partition coefficient (Wildman–Crippen LogP) is 7.76. The molecule has 0 spiro atoms. The molecular formula is C32H28N2O4S. The van der Waals surface area contributed by atoms with E-state index in [1.807, 2.05) is 99.6 Å². The summed E-state index contributed by atoms with van der Waals surface area (Å²) in [4.78, 5) is 32.4. The smallest absolute Gasteiger partial charge is 0.341 e. The molecule has 5 aromatic rings. The van der Waals surface area contributed by atoms with Crippen molar-refractivity contribution in [3.8, 4) is 28.1 Å². The van der Waals surface area contributed by atoms with Crippen molar-refractivity contribution in [1.29, 1.82) is 0 Å². The van der Waals surface area contributed by atoms with Crippen LogP contribution in [0.5, 0.6) is 5.75 Å². The van der Waals surface area contributed by atoms with Gasteiger partial charge in [-0.15, -0.1) is 11.3 Å². The van der Waals surface area contributed by atoms with Gasteiger partial charge in [-0.2, -0.15) is 0 Å². The quantitative estimate of drug-likeness (QED) is 0.215. The Bertz CT molecular complexity index is 1660. The maximum atomic E-state index is 13.8. The zero-order chi connectivity index (χ0) is 27.5. The number of hydrogen-bond donors (Lipinski definition) is 1. The van der Waals surface area contributed by atoms with E-state index in [4.69, 9.17) is 14.5 Å². The van der Waals surface area contributed by atoms with Crippen LogP contribution in [-0.2, 0) is 4.74 Å². The summed E-state index contributed by atoms with van der Waals surface area (Å²) in [5, 5.41) is 4.17. The van der Waals surface area contributed by atoms with Crippen molar-refractivity contribution in [2.45, 2.75) is 26.9 Å². The van der Waals surface area contributed by atoms with E-state index in [9.17, 15) is 9.59 Å². The third kappa shape index (κ3) is 5.40. The highest BCUT2D eigenvalue weighted by atomic mass is 32.1. The average Bonchev–Trinajstić information content (AvgIpc) is 3.27. The van der Waals surface area contributed by atoms with Crippen molar-refractivity contribution in [3.05, 3.63) is 101 Å². The van der Waals surface area contributed by atoms with E-state index in [0.29, 0.717) is 27.3 Å². The Kier molecular flexibility index (Phi) is 7.43. The van der Waals surface area contributed by atoms with E-state index in [2.05, 4.69) is 5.32 Å². The summed E-state index contributed by atoms with van der Waals surface area (Å²) in [5.74, 6) is -0.0664. The summed E-state index contributed by atoms with van der Waals surface area (Å²) >= 11 is 1.35. The second kappa shape index (κ2) is 11.1. The fourth-order valence-corrected chi connectivity index (χ4v) is 5.60. The number of pyridine rings is 1. The number of nitrogens with zero attached hydrogens (tertiary/aromatic N) is 1. The lowest BCUT2D eigenvalue weighted by molar-refractivity contribution is 0.0603. The minimum atomic E-state index is -0.502. The summed E-state index contributed by atoms with van der Waals surface area (Å²) in [6.45, 7) is 5.89. The molecule has 0 fully saturated rings. The van der Waals surface area contributed by atoms with E-state index in [1.165, 1.54) is 18.4 Å². The number of carbonyl (C=O) groups excluding carboxylic acids is 2. The van der Waals surface area contributed by atoms with E-state index >= 15 is 0 Å². The van der Waals surface area contributed by atoms with Crippen LogP contribution in [0.3, 0.4) is 0 Å². The topological polar surface area (TPSA) is 77.5 Å². The first-order valence-electron chi connectivity index (χ1n) is 12.6. The Labute approximate surface area is 231 Å². The molecule has 0 saturated carbocycles. The molecule has 3 aromatic carbocycles. The summed E-state index contributed by atoms with van der Waals surface area (Å²) in [5.41, 5.74) is 4.67. The Morgan fingerprint density at radius 2 is 1.59 bits per heavy atom. The molecule has 1 N–H and O–H groups in total. The number of aryl methyl sites for hydroxylation is 1. The molecule has 0 radical (unpaired) electrons. The van der Waals surface area contributed by atoms with Crippen LogP contribution < -0.4 is 10.1 Å². The number of anilines is 1. The molecule has 0 aliphatic carbocycles. The number of carbonyl (C=O) groups is 2. The maximum absolute atomic E-state index is 13.8. The lowest BCUT2D eigenvalue weighted by Gasteiger charge is -2.12. The highest BCUT2D eigenvalue weighted by Gasteiger charge is 2.26. The number of methoxy groups -OCH3 is 1.